The fraction of sp³-hybridized carbons (Fsp3) is 0.242. The van der Waals surface area contributed by atoms with Gasteiger partial charge in [-0.05, 0) is 80.7 Å². The Kier molecular flexibility index (Phi) is 7.80. The van der Waals surface area contributed by atoms with Crippen LogP contribution in [0.15, 0.2) is 91.0 Å². The van der Waals surface area contributed by atoms with Crippen molar-refractivity contribution in [2.45, 2.75) is 32.7 Å². The third-order valence-corrected chi connectivity index (χ3v) is 6.73. The standard InChI is InChI=1S/C33H35NO3/c1-23-7-9-24(10-8-23)32(35)25-11-16-29(17-12-25)37-30-18-13-27(14-19-30)33(2,3)28-15-20-31(36-6)26(21-28)22-34(4)5/h7-21H,22H2,1-6H3. The molecule has 190 valence electrons. The van der Waals surface area contributed by atoms with Gasteiger partial charge in [0.2, 0.25) is 0 Å². The van der Waals surface area contributed by atoms with E-state index in [0.29, 0.717) is 16.9 Å². The molecule has 0 fully saturated rings. The number of hydrogen-bond donors (Lipinski definition) is 0. The first kappa shape index (κ1) is 26.2. The second kappa shape index (κ2) is 11.0. The number of aryl methyl sites for hydroxylation is 1. The van der Waals surface area contributed by atoms with Crippen LogP contribution >= 0.6 is 0 Å². The molecule has 0 bridgehead atoms. The normalized spacial score (nSPS) is 11.4. The second-order valence-electron chi connectivity index (χ2n) is 10.2. The molecule has 0 saturated heterocycles. The van der Waals surface area contributed by atoms with Crippen molar-refractivity contribution in [3.63, 3.8) is 0 Å². The lowest BCUT2D eigenvalue weighted by Crippen LogP contribution is -2.20. The third kappa shape index (κ3) is 6.10. The lowest BCUT2D eigenvalue weighted by molar-refractivity contribution is 0.103. The highest BCUT2D eigenvalue weighted by Gasteiger charge is 2.24. The average Bonchev–Trinajstić information content (AvgIpc) is 2.89. The SMILES string of the molecule is COc1ccc(C(C)(C)c2ccc(Oc3ccc(C(=O)c4ccc(C)cc4)cc3)cc2)cc1CN(C)C. The van der Waals surface area contributed by atoms with Crippen LogP contribution in [0.2, 0.25) is 0 Å². The molecular formula is C33H35NO3. The van der Waals surface area contributed by atoms with Crippen LogP contribution in [-0.2, 0) is 12.0 Å². The highest BCUT2D eigenvalue weighted by molar-refractivity contribution is 6.09. The van der Waals surface area contributed by atoms with Gasteiger partial charge in [0.1, 0.15) is 17.2 Å². The number of carbonyl (C=O) groups excluding carboxylic acids is 1. The maximum atomic E-state index is 12.7. The van der Waals surface area contributed by atoms with E-state index in [2.05, 4.69) is 63.2 Å². The molecule has 4 aromatic carbocycles. The molecule has 4 nitrogen and oxygen atoms in total. The van der Waals surface area contributed by atoms with E-state index in [1.165, 1.54) is 16.7 Å². The Hall–Kier alpha value is -3.89. The van der Waals surface area contributed by atoms with E-state index in [9.17, 15) is 4.79 Å². The van der Waals surface area contributed by atoms with Crippen LogP contribution in [0.4, 0.5) is 0 Å². The molecule has 0 spiro atoms. The Balaban J connectivity index is 1.48. The minimum Gasteiger partial charge on any atom is -0.496 e. The van der Waals surface area contributed by atoms with Crippen LogP contribution in [0.3, 0.4) is 0 Å². The van der Waals surface area contributed by atoms with E-state index in [1.54, 1.807) is 7.11 Å². The third-order valence-electron chi connectivity index (χ3n) is 6.73. The number of ketones is 1. The van der Waals surface area contributed by atoms with Crippen molar-refractivity contribution in [1.29, 1.82) is 0 Å². The lowest BCUT2D eigenvalue weighted by atomic mass is 9.77. The van der Waals surface area contributed by atoms with E-state index < -0.39 is 0 Å². The Morgan fingerprint density at radius 2 is 1.27 bits per heavy atom. The molecule has 0 saturated carbocycles. The second-order valence-corrected chi connectivity index (χ2v) is 10.2. The van der Waals surface area contributed by atoms with Crippen LogP contribution in [0.25, 0.3) is 0 Å². The van der Waals surface area contributed by atoms with Crippen molar-refractivity contribution in [2.75, 3.05) is 21.2 Å². The maximum absolute atomic E-state index is 12.7. The first-order valence-corrected chi connectivity index (χ1v) is 12.5. The predicted octanol–water partition coefficient (Wildman–Crippen LogP) is 7.41. The zero-order valence-corrected chi connectivity index (χ0v) is 22.5. The van der Waals surface area contributed by atoms with E-state index >= 15 is 0 Å². The Morgan fingerprint density at radius 3 is 1.81 bits per heavy atom. The summed E-state index contributed by atoms with van der Waals surface area (Å²) in [6, 6.07) is 29.6. The van der Waals surface area contributed by atoms with Gasteiger partial charge < -0.3 is 14.4 Å². The fourth-order valence-corrected chi connectivity index (χ4v) is 4.42. The molecule has 0 heterocycles. The minimum absolute atomic E-state index is 0.00500. The van der Waals surface area contributed by atoms with Crippen LogP contribution in [-0.4, -0.2) is 31.9 Å². The molecular weight excluding hydrogens is 458 g/mol. The number of nitrogens with zero attached hydrogens (tertiary/aromatic N) is 1. The van der Waals surface area contributed by atoms with Gasteiger partial charge in [0.15, 0.2) is 5.78 Å². The summed E-state index contributed by atoms with van der Waals surface area (Å²) in [7, 11) is 5.84. The molecule has 4 rings (SSSR count). The zero-order chi connectivity index (χ0) is 26.6. The van der Waals surface area contributed by atoms with Crippen molar-refractivity contribution in [3.05, 3.63) is 124 Å². The molecule has 0 aliphatic carbocycles. The van der Waals surface area contributed by atoms with Crippen molar-refractivity contribution < 1.29 is 14.3 Å². The predicted molar refractivity (Wildman–Crippen MR) is 150 cm³/mol. The van der Waals surface area contributed by atoms with Crippen molar-refractivity contribution in [3.8, 4) is 17.2 Å². The van der Waals surface area contributed by atoms with Gasteiger partial charge in [-0.1, -0.05) is 61.9 Å². The minimum atomic E-state index is -0.191. The number of methoxy groups -OCH3 is 1. The number of hydrogen-bond acceptors (Lipinski definition) is 4. The smallest absolute Gasteiger partial charge is 0.193 e. The Bertz CT molecular complexity index is 1350. The average molecular weight is 494 g/mol. The highest BCUT2D eigenvalue weighted by atomic mass is 16.5. The summed E-state index contributed by atoms with van der Waals surface area (Å²) >= 11 is 0. The van der Waals surface area contributed by atoms with Gasteiger partial charge in [-0.25, -0.2) is 0 Å². The molecule has 0 aromatic heterocycles. The number of ether oxygens (including phenoxy) is 2. The first-order valence-electron chi connectivity index (χ1n) is 12.5. The molecule has 0 atom stereocenters. The molecule has 0 aliphatic rings. The summed E-state index contributed by atoms with van der Waals surface area (Å²) in [5.41, 5.74) is 5.86. The molecule has 0 N–H and O–H groups in total. The highest BCUT2D eigenvalue weighted by Crippen LogP contribution is 2.35. The van der Waals surface area contributed by atoms with Gasteiger partial charge in [0.25, 0.3) is 0 Å². The van der Waals surface area contributed by atoms with Crippen molar-refractivity contribution in [2.24, 2.45) is 0 Å². The molecule has 0 unspecified atom stereocenters. The van der Waals surface area contributed by atoms with Crippen LogP contribution in [0.1, 0.15) is 52.0 Å². The summed E-state index contributed by atoms with van der Waals surface area (Å²) < 4.78 is 11.6. The van der Waals surface area contributed by atoms with E-state index in [4.69, 9.17) is 9.47 Å². The van der Waals surface area contributed by atoms with Crippen LogP contribution < -0.4 is 9.47 Å². The maximum Gasteiger partial charge on any atom is 0.193 e. The quantitative estimate of drug-likeness (QED) is 0.228. The van der Waals surface area contributed by atoms with Gasteiger partial charge >= 0.3 is 0 Å². The topological polar surface area (TPSA) is 38.8 Å². The molecule has 0 radical (unpaired) electrons. The molecule has 0 amide bonds. The summed E-state index contributed by atoms with van der Waals surface area (Å²) in [4.78, 5) is 14.9. The monoisotopic (exact) mass is 493 g/mol. The first-order chi connectivity index (χ1) is 17.7. The Morgan fingerprint density at radius 1 is 0.757 bits per heavy atom. The van der Waals surface area contributed by atoms with Crippen molar-refractivity contribution >= 4 is 5.78 Å². The fourth-order valence-electron chi connectivity index (χ4n) is 4.42. The van der Waals surface area contributed by atoms with Gasteiger partial charge in [0.05, 0.1) is 7.11 Å². The van der Waals surface area contributed by atoms with E-state index in [1.807, 2.05) is 67.6 Å². The summed E-state index contributed by atoms with van der Waals surface area (Å²) in [5.74, 6) is 2.35. The Labute approximate surface area is 220 Å². The number of carbonyl (C=O) groups is 1. The van der Waals surface area contributed by atoms with Crippen molar-refractivity contribution in [1.82, 2.24) is 4.90 Å². The largest absolute Gasteiger partial charge is 0.496 e. The van der Waals surface area contributed by atoms with Gasteiger partial charge in [-0.3, -0.25) is 4.79 Å². The zero-order valence-electron chi connectivity index (χ0n) is 22.5. The lowest BCUT2D eigenvalue weighted by Gasteiger charge is -2.28. The summed E-state index contributed by atoms with van der Waals surface area (Å²) in [5, 5.41) is 0. The molecule has 4 heteroatoms. The molecule has 4 aromatic rings. The molecule has 37 heavy (non-hydrogen) atoms. The number of rotatable bonds is 9. The molecule has 0 aliphatic heterocycles. The van der Waals surface area contributed by atoms with Crippen LogP contribution in [0, 0.1) is 6.92 Å². The van der Waals surface area contributed by atoms with Gasteiger partial charge in [-0.15, -0.1) is 0 Å². The van der Waals surface area contributed by atoms with E-state index in [0.717, 1.165) is 23.6 Å². The summed E-state index contributed by atoms with van der Waals surface area (Å²) in [6.07, 6.45) is 0. The van der Waals surface area contributed by atoms with Crippen LogP contribution in [0.5, 0.6) is 17.2 Å². The summed E-state index contributed by atoms with van der Waals surface area (Å²) in [6.45, 7) is 7.28. The number of benzene rings is 4. The van der Waals surface area contributed by atoms with E-state index in [-0.39, 0.29) is 11.2 Å². The van der Waals surface area contributed by atoms with Gasteiger partial charge in [-0.2, -0.15) is 0 Å². The van der Waals surface area contributed by atoms with Gasteiger partial charge in [0, 0.05) is 28.7 Å².